The van der Waals surface area contributed by atoms with Crippen molar-refractivity contribution < 1.29 is 4.79 Å². The van der Waals surface area contributed by atoms with Gasteiger partial charge in [0, 0.05) is 18.9 Å². The van der Waals surface area contributed by atoms with Crippen LogP contribution in [0.1, 0.15) is 25.7 Å². The minimum absolute atomic E-state index is 0.532. The Morgan fingerprint density at radius 1 is 1.08 bits per heavy atom. The first-order chi connectivity index (χ1) is 5.84. The van der Waals surface area contributed by atoms with Crippen LogP contribution in [0.3, 0.4) is 0 Å². The summed E-state index contributed by atoms with van der Waals surface area (Å²) in [5.41, 5.74) is 0. The highest BCUT2D eigenvalue weighted by atomic mass is 16.1. The molecule has 3 rings (SSSR count). The van der Waals surface area contributed by atoms with Crippen LogP contribution in [0.15, 0.2) is 0 Å². The molecule has 1 saturated carbocycles. The molecule has 2 heteroatoms. The number of Topliss-reactive ketones (excluding diaryl/α,β-unsaturated/α-hetero) is 1. The SMILES string of the molecule is O=C1C[C@H]2CCN3CC[C@@H](C1)C23. The van der Waals surface area contributed by atoms with E-state index in [9.17, 15) is 4.79 Å². The van der Waals surface area contributed by atoms with Crippen molar-refractivity contribution in [2.75, 3.05) is 13.1 Å². The van der Waals surface area contributed by atoms with Crippen molar-refractivity contribution in [2.24, 2.45) is 11.8 Å². The third-order valence-electron chi connectivity index (χ3n) is 3.94. The van der Waals surface area contributed by atoms with Crippen molar-refractivity contribution in [3.8, 4) is 0 Å². The van der Waals surface area contributed by atoms with Gasteiger partial charge in [0.15, 0.2) is 0 Å². The highest BCUT2D eigenvalue weighted by Gasteiger charge is 2.47. The Kier molecular flexibility index (Phi) is 1.37. The summed E-state index contributed by atoms with van der Waals surface area (Å²) >= 11 is 0. The van der Waals surface area contributed by atoms with E-state index in [2.05, 4.69) is 4.90 Å². The fourth-order valence-electron chi connectivity index (χ4n) is 3.51. The van der Waals surface area contributed by atoms with Crippen molar-refractivity contribution in [1.82, 2.24) is 4.90 Å². The van der Waals surface area contributed by atoms with Gasteiger partial charge in [0.1, 0.15) is 5.78 Å². The van der Waals surface area contributed by atoms with Gasteiger partial charge in [-0.2, -0.15) is 0 Å². The summed E-state index contributed by atoms with van der Waals surface area (Å²) in [4.78, 5) is 14.0. The second kappa shape index (κ2) is 2.32. The van der Waals surface area contributed by atoms with Crippen LogP contribution in [0, 0.1) is 11.8 Å². The summed E-state index contributed by atoms with van der Waals surface area (Å²) < 4.78 is 0. The maximum absolute atomic E-state index is 11.4. The number of hydrogen-bond donors (Lipinski definition) is 0. The molecule has 0 amide bonds. The van der Waals surface area contributed by atoms with Gasteiger partial charge in [-0.05, 0) is 37.8 Å². The van der Waals surface area contributed by atoms with Gasteiger partial charge in [-0.3, -0.25) is 9.69 Å². The van der Waals surface area contributed by atoms with Gasteiger partial charge >= 0.3 is 0 Å². The van der Waals surface area contributed by atoms with Gasteiger partial charge in [-0.25, -0.2) is 0 Å². The third-order valence-corrected chi connectivity index (χ3v) is 3.94. The molecular weight excluding hydrogens is 150 g/mol. The average molecular weight is 165 g/mol. The quantitative estimate of drug-likeness (QED) is 0.535. The molecule has 3 fully saturated rings. The Morgan fingerprint density at radius 2 is 1.67 bits per heavy atom. The van der Waals surface area contributed by atoms with E-state index in [-0.39, 0.29) is 0 Å². The van der Waals surface area contributed by atoms with E-state index in [0.29, 0.717) is 5.78 Å². The molecule has 0 radical (unpaired) electrons. The molecule has 0 N–H and O–H groups in total. The van der Waals surface area contributed by atoms with E-state index >= 15 is 0 Å². The second-order valence-electron chi connectivity index (χ2n) is 4.57. The monoisotopic (exact) mass is 165 g/mol. The van der Waals surface area contributed by atoms with Crippen LogP contribution in [0.2, 0.25) is 0 Å². The molecule has 66 valence electrons. The molecule has 3 aliphatic rings. The zero-order chi connectivity index (χ0) is 8.13. The van der Waals surface area contributed by atoms with Gasteiger partial charge in [-0.1, -0.05) is 0 Å². The Balaban J connectivity index is 1.90. The van der Waals surface area contributed by atoms with Crippen LogP contribution in [0.4, 0.5) is 0 Å². The summed E-state index contributed by atoms with van der Waals surface area (Å²) in [5, 5.41) is 0. The zero-order valence-electron chi connectivity index (χ0n) is 7.33. The normalized spacial score (nSPS) is 46.7. The van der Waals surface area contributed by atoms with Crippen molar-refractivity contribution in [3.63, 3.8) is 0 Å². The van der Waals surface area contributed by atoms with Gasteiger partial charge < -0.3 is 0 Å². The number of nitrogens with zero attached hydrogens (tertiary/aromatic N) is 1. The number of carbonyl (C=O) groups is 1. The number of carbonyl (C=O) groups excluding carboxylic acids is 1. The van der Waals surface area contributed by atoms with Crippen molar-refractivity contribution >= 4 is 5.78 Å². The largest absolute Gasteiger partial charge is 0.300 e. The predicted molar refractivity (Wildman–Crippen MR) is 45.8 cm³/mol. The lowest BCUT2D eigenvalue weighted by Crippen LogP contribution is -2.36. The Morgan fingerprint density at radius 3 is 2.25 bits per heavy atom. The van der Waals surface area contributed by atoms with Crippen LogP contribution in [-0.4, -0.2) is 29.8 Å². The molecule has 2 nitrogen and oxygen atoms in total. The fourth-order valence-corrected chi connectivity index (χ4v) is 3.51. The molecule has 1 unspecified atom stereocenters. The van der Waals surface area contributed by atoms with Gasteiger partial charge in [-0.15, -0.1) is 0 Å². The minimum Gasteiger partial charge on any atom is -0.300 e. The first kappa shape index (κ1) is 7.07. The second-order valence-corrected chi connectivity index (χ2v) is 4.57. The molecule has 2 heterocycles. The summed E-state index contributed by atoms with van der Waals surface area (Å²) in [5.74, 6) is 2.00. The summed E-state index contributed by atoms with van der Waals surface area (Å²) in [6.07, 6.45) is 4.34. The molecule has 3 atom stereocenters. The van der Waals surface area contributed by atoms with Crippen molar-refractivity contribution in [3.05, 3.63) is 0 Å². The molecule has 2 saturated heterocycles. The summed E-state index contributed by atoms with van der Waals surface area (Å²) in [6.45, 7) is 2.53. The van der Waals surface area contributed by atoms with Crippen LogP contribution < -0.4 is 0 Å². The van der Waals surface area contributed by atoms with E-state index in [0.717, 1.165) is 30.7 Å². The Bertz CT molecular complexity index is 206. The van der Waals surface area contributed by atoms with E-state index in [1.54, 1.807) is 0 Å². The molecule has 0 bridgehead atoms. The molecule has 1 aliphatic carbocycles. The van der Waals surface area contributed by atoms with Gasteiger partial charge in [0.2, 0.25) is 0 Å². The number of rotatable bonds is 0. The van der Waals surface area contributed by atoms with E-state index in [1.165, 1.54) is 25.9 Å². The third kappa shape index (κ3) is 0.817. The maximum atomic E-state index is 11.4. The Labute approximate surface area is 72.9 Å². The molecular formula is C10H15NO. The first-order valence-corrected chi connectivity index (χ1v) is 5.10. The van der Waals surface area contributed by atoms with Crippen LogP contribution in [0.5, 0.6) is 0 Å². The van der Waals surface area contributed by atoms with Crippen LogP contribution in [-0.2, 0) is 4.79 Å². The molecule has 0 aromatic rings. The minimum atomic E-state index is 0.532. The van der Waals surface area contributed by atoms with E-state index in [1.807, 2.05) is 0 Å². The smallest absolute Gasteiger partial charge is 0.133 e. The Hall–Kier alpha value is -0.370. The molecule has 12 heavy (non-hydrogen) atoms. The lowest BCUT2D eigenvalue weighted by molar-refractivity contribution is -0.123. The zero-order valence-corrected chi connectivity index (χ0v) is 7.33. The highest BCUT2D eigenvalue weighted by Crippen LogP contribution is 2.43. The van der Waals surface area contributed by atoms with Crippen molar-refractivity contribution in [2.45, 2.75) is 31.7 Å². The number of hydrogen-bond acceptors (Lipinski definition) is 2. The molecule has 2 aliphatic heterocycles. The topological polar surface area (TPSA) is 20.3 Å². The summed E-state index contributed by atoms with van der Waals surface area (Å²) in [7, 11) is 0. The standard InChI is InChI=1S/C10H15NO/c12-9-5-7-1-3-11-4-2-8(6-9)10(7)11/h7-8,10H,1-6H2/t7-,8+,10?. The molecule has 0 aromatic carbocycles. The maximum Gasteiger partial charge on any atom is 0.133 e. The lowest BCUT2D eigenvalue weighted by Gasteiger charge is -2.30. The number of ketones is 1. The average Bonchev–Trinajstić information content (AvgIpc) is 2.59. The summed E-state index contributed by atoms with van der Waals surface area (Å²) in [6, 6.07) is 0.808. The highest BCUT2D eigenvalue weighted by molar-refractivity contribution is 5.80. The molecule has 0 aromatic heterocycles. The van der Waals surface area contributed by atoms with Gasteiger partial charge in [0.05, 0.1) is 0 Å². The van der Waals surface area contributed by atoms with Crippen LogP contribution in [0.25, 0.3) is 0 Å². The lowest BCUT2D eigenvalue weighted by atomic mass is 9.77. The predicted octanol–water partition coefficient (Wildman–Crippen LogP) is 1.06. The van der Waals surface area contributed by atoms with E-state index in [4.69, 9.17) is 0 Å². The molecule has 0 spiro atoms. The first-order valence-electron chi connectivity index (χ1n) is 5.10. The van der Waals surface area contributed by atoms with Crippen LogP contribution >= 0.6 is 0 Å². The fraction of sp³-hybridized carbons (Fsp3) is 0.900. The van der Waals surface area contributed by atoms with Gasteiger partial charge in [0.25, 0.3) is 0 Å². The van der Waals surface area contributed by atoms with Crippen molar-refractivity contribution in [1.29, 1.82) is 0 Å². The van der Waals surface area contributed by atoms with E-state index < -0.39 is 0 Å².